The van der Waals surface area contributed by atoms with Gasteiger partial charge in [0.05, 0.1) is 23.7 Å². The first-order valence-electron chi connectivity index (χ1n) is 7.40. The summed E-state index contributed by atoms with van der Waals surface area (Å²) < 4.78 is 39.1. The van der Waals surface area contributed by atoms with Crippen molar-refractivity contribution in [2.75, 3.05) is 24.5 Å². The fraction of sp³-hybridized carbons (Fsp3) is 0.643. The molecule has 2 amide bonds. The van der Waals surface area contributed by atoms with E-state index in [0.717, 1.165) is 0 Å². The van der Waals surface area contributed by atoms with E-state index in [9.17, 15) is 22.8 Å². The predicted octanol–water partition coefficient (Wildman–Crippen LogP) is 1.18. The summed E-state index contributed by atoms with van der Waals surface area (Å²) in [7, 11) is 1.72. The molecule has 1 atom stereocenters. The van der Waals surface area contributed by atoms with Crippen LogP contribution in [0.3, 0.4) is 0 Å². The van der Waals surface area contributed by atoms with Gasteiger partial charge < -0.3 is 9.80 Å². The normalized spacial score (nSPS) is 23.1. The van der Waals surface area contributed by atoms with E-state index in [1.807, 2.05) is 0 Å². The van der Waals surface area contributed by atoms with Crippen LogP contribution < -0.4 is 4.90 Å². The third kappa shape index (κ3) is 3.04. The van der Waals surface area contributed by atoms with Crippen molar-refractivity contribution in [3.8, 4) is 0 Å². The number of anilines is 1. The lowest BCUT2D eigenvalue weighted by Crippen LogP contribution is -2.58. The van der Waals surface area contributed by atoms with Crippen LogP contribution in [0.25, 0.3) is 0 Å². The largest absolute Gasteiger partial charge is 0.395 e. The van der Waals surface area contributed by atoms with E-state index in [0.29, 0.717) is 12.1 Å². The molecule has 126 valence electrons. The van der Waals surface area contributed by atoms with Gasteiger partial charge in [-0.1, -0.05) is 0 Å². The molecule has 6 nitrogen and oxygen atoms in total. The van der Waals surface area contributed by atoms with Crippen molar-refractivity contribution in [1.29, 1.82) is 0 Å². The number of amides is 2. The molecule has 0 saturated carbocycles. The molecule has 0 N–H and O–H groups in total. The summed E-state index contributed by atoms with van der Waals surface area (Å²) >= 11 is 0. The Kier molecular flexibility index (Phi) is 3.81. The molecule has 0 aliphatic carbocycles. The first-order valence-corrected chi connectivity index (χ1v) is 7.40. The summed E-state index contributed by atoms with van der Waals surface area (Å²) in [5, 5.41) is 4.00. The number of aromatic nitrogens is 2. The highest BCUT2D eigenvalue weighted by molar-refractivity contribution is 5.96. The molecular weight excluding hydrogens is 313 g/mol. The Balaban J connectivity index is 1.63. The van der Waals surface area contributed by atoms with Gasteiger partial charge in [-0.3, -0.25) is 14.3 Å². The van der Waals surface area contributed by atoms with Crippen LogP contribution in [0, 0.1) is 11.8 Å². The Bertz CT molecular complexity index is 622. The Hall–Kier alpha value is -2.06. The summed E-state index contributed by atoms with van der Waals surface area (Å²) in [4.78, 5) is 27.1. The SMILES string of the molecule is Cn1cc(N2C[C@@H](C(=O)N3CC(C(F)(F)F)C3)CCC2=O)cn1. The molecule has 0 unspecified atom stereocenters. The van der Waals surface area contributed by atoms with Crippen molar-refractivity contribution in [3.05, 3.63) is 12.4 Å². The lowest BCUT2D eigenvalue weighted by molar-refractivity contribution is -0.210. The van der Waals surface area contributed by atoms with Crippen molar-refractivity contribution in [2.24, 2.45) is 18.9 Å². The molecule has 3 rings (SSSR count). The Labute approximate surface area is 130 Å². The lowest BCUT2D eigenvalue weighted by atomic mass is 9.92. The molecule has 0 spiro atoms. The monoisotopic (exact) mass is 330 g/mol. The summed E-state index contributed by atoms with van der Waals surface area (Å²) in [6.45, 7) is -0.365. The Morgan fingerprint density at radius 1 is 1.30 bits per heavy atom. The van der Waals surface area contributed by atoms with Crippen molar-refractivity contribution in [1.82, 2.24) is 14.7 Å². The van der Waals surface area contributed by atoms with Gasteiger partial charge in [-0.05, 0) is 6.42 Å². The van der Waals surface area contributed by atoms with Crippen LogP contribution in [-0.2, 0) is 16.6 Å². The second-order valence-electron chi connectivity index (χ2n) is 6.09. The Morgan fingerprint density at radius 2 is 2.00 bits per heavy atom. The average molecular weight is 330 g/mol. The molecule has 2 aliphatic heterocycles. The molecule has 9 heteroatoms. The zero-order valence-electron chi connectivity index (χ0n) is 12.6. The zero-order chi connectivity index (χ0) is 16.8. The number of halogens is 3. The molecular formula is C14H17F3N4O2. The quantitative estimate of drug-likeness (QED) is 0.818. The topological polar surface area (TPSA) is 58.4 Å². The van der Waals surface area contributed by atoms with E-state index < -0.39 is 18.0 Å². The number of rotatable bonds is 2. The van der Waals surface area contributed by atoms with Gasteiger partial charge >= 0.3 is 6.18 Å². The summed E-state index contributed by atoms with van der Waals surface area (Å²) in [5.41, 5.74) is 0.603. The second-order valence-corrected chi connectivity index (χ2v) is 6.09. The number of carbonyl (C=O) groups excluding carboxylic acids is 2. The Morgan fingerprint density at radius 3 is 2.57 bits per heavy atom. The number of alkyl halides is 3. The van der Waals surface area contributed by atoms with Gasteiger partial charge in [0.1, 0.15) is 0 Å². The van der Waals surface area contributed by atoms with Gasteiger partial charge in [-0.25, -0.2) is 0 Å². The second kappa shape index (κ2) is 5.54. The fourth-order valence-electron chi connectivity index (χ4n) is 2.97. The van der Waals surface area contributed by atoms with Crippen LogP contribution >= 0.6 is 0 Å². The summed E-state index contributed by atoms with van der Waals surface area (Å²) in [5.74, 6) is -2.28. The molecule has 2 fully saturated rings. The van der Waals surface area contributed by atoms with Crippen LogP contribution in [0.2, 0.25) is 0 Å². The van der Waals surface area contributed by atoms with Gasteiger partial charge in [0.2, 0.25) is 11.8 Å². The molecule has 0 radical (unpaired) electrons. The van der Waals surface area contributed by atoms with E-state index in [1.54, 1.807) is 17.9 Å². The van der Waals surface area contributed by atoms with Crippen molar-refractivity contribution < 1.29 is 22.8 Å². The van der Waals surface area contributed by atoms with E-state index in [1.165, 1.54) is 16.0 Å². The summed E-state index contributed by atoms with van der Waals surface area (Å²) in [6.07, 6.45) is -0.452. The highest BCUT2D eigenvalue weighted by atomic mass is 19.4. The molecule has 0 aromatic carbocycles. The van der Waals surface area contributed by atoms with Gasteiger partial charge in [0.15, 0.2) is 0 Å². The number of hydrogen-bond acceptors (Lipinski definition) is 3. The van der Waals surface area contributed by atoms with E-state index in [-0.39, 0.29) is 37.9 Å². The van der Waals surface area contributed by atoms with Crippen LogP contribution in [0.4, 0.5) is 18.9 Å². The average Bonchev–Trinajstić information content (AvgIpc) is 2.82. The molecule has 1 aromatic heterocycles. The number of hydrogen-bond donors (Lipinski definition) is 0. The van der Waals surface area contributed by atoms with Gasteiger partial charge in [0.25, 0.3) is 0 Å². The molecule has 1 aromatic rings. The zero-order valence-corrected chi connectivity index (χ0v) is 12.6. The van der Waals surface area contributed by atoms with Gasteiger partial charge in [-0.2, -0.15) is 18.3 Å². The smallest absolute Gasteiger partial charge is 0.341 e. The lowest BCUT2D eigenvalue weighted by Gasteiger charge is -2.43. The standard InChI is InChI=1S/C14H17F3N4O2/c1-19-8-11(4-18-19)21-5-9(2-3-12(21)22)13(23)20-6-10(7-20)14(15,16)17/h4,8-10H,2-3,5-7H2,1H3/t9-/m0/s1. The van der Waals surface area contributed by atoms with Crippen LogP contribution in [0.1, 0.15) is 12.8 Å². The first kappa shape index (κ1) is 15.8. The van der Waals surface area contributed by atoms with Crippen LogP contribution in [-0.4, -0.2) is 52.3 Å². The van der Waals surface area contributed by atoms with Crippen molar-refractivity contribution in [3.63, 3.8) is 0 Å². The summed E-state index contributed by atoms with van der Waals surface area (Å²) in [6, 6.07) is 0. The van der Waals surface area contributed by atoms with Crippen molar-refractivity contribution >= 4 is 17.5 Å². The van der Waals surface area contributed by atoms with E-state index >= 15 is 0 Å². The van der Waals surface area contributed by atoms with Crippen molar-refractivity contribution in [2.45, 2.75) is 19.0 Å². The molecule has 2 saturated heterocycles. The van der Waals surface area contributed by atoms with Crippen LogP contribution in [0.15, 0.2) is 12.4 Å². The van der Waals surface area contributed by atoms with Gasteiger partial charge in [-0.15, -0.1) is 0 Å². The maximum absolute atomic E-state index is 12.5. The number of aryl methyl sites for hydroxylation is 1. The fourth-order valence-corrected chi connectivity index (χ4v) is 2.97. The van der Waals surface area contributed by atoms with E-state index in [2.05, 4.69) is 5.10 Å². The highest BCUT2D eigenvalue weighted by Crippen LogP contribution is 2.35. The highest BCUT2D eigenvalue weighted by Gasteiger charge is 2.49. The minimum atomic E-state index is -4.25. The first-order chi connectivity index (χ1) is 10.8. The number of likely N-dealkylation sites (tertiary alicyclic amines) is 1. The third-order valence-electron chi connectivity index (χ3n) is 4.42. The maximum Gasteiger partial charge on any atom is 0.395 e. The minimum Gasteiger partial charge on any atom is -0.341 e. The third-order valence-corrected chi connectivity index (χ3v) is 4.42. The van der Waals surface area contributed by atoms with E-state index in [4.69, 9.17) is 0 Å². The maximum atomic E-state index is 12.5. The molecule has 2 aliphatic rings. The molecule has 3 heterocycles. The molecule has 23 heavy (non-hydrogen) atoms. The van der Waals surface area contributed by atoms with Gasteiger partial charge in [0, 0.05) is 39.3 Å². The molecule has 0 bridgehead atoms. The number of carbonyl (C=O) groups is 2. The van der Waals surface area contributed by atoms with Crippen LogP contribution in [0.5, 0.6) is 0 Å². The number of piperidine rings is 1. The minimum absolute atomic E-state index is 0.0983. The number of nitrogens with zero attached hydrogens (tertiary/aromatic N) is 4. The predicted molar refractivity (Wildman–Crippen MR) is 74.4 cm³/mol.